The summed E-state index contributed by atoms with van der Waals surface area (Å²) in [6.45, 7) is 7.91. The molecular formula is C18H21ClN2O3. The highest BCUT2D eigenvalue weighted by atomic mass is 35.5. The molecular weight excluding hydrogens is 328 g/mol. The number of halogens is 1. The number of ether oxygens (including phenoxy) is 2. The molecule has 2 aromatic rings. The highest BCUT2D eigenvalue weighted by Crippen LogP contribution is 2.17. The Balaban J connectivity index is 2.10. The molecule has 1 aromatic heterocycles. The van der Waals surface area contributed by atoms with E-state index in [-0.39, 0.29) is 5.97 Å². The van der Waals surface area contributed by atoms with Crippen LogP contribution in [0, 0.1) is 0 Å². The van der Waals surface area contributed by atoms with Crippen molar-refractivity contribution in [3.8, 4) is 5.88 Å². The molecule has 0 atom stereocenters. The first kappa shape index (κ1) is 18.2. The van der Waals surface area contributed by atoms with Crippen molar-refractivity contribution in [2.24, 2.45) is 0 Å². The molecule has 0 aliphatic heterocycles. The van der Waals surface area contributed by atoms with E-state index in [1.165, 1.54) is 0 Å². The number of benzene rings is 1. The maximum Gasteiger partial charge on any atom is 0.338 e. The van der Waals surface area contributed by atoms with Gasteiger partial charge in [-0.15, -0.1) is 0 Å². The van der Waals surface area contributed by atoms with Crippen LogP contribution in [0.2, 0.25) is 5.15 Å². The number of hydrogen-bond donors (Lipinski definition) is 0. The molecule has 6 heteroatoms. The van der Waals surface area contributed by atoms with Gasteiger partial charge in [0.25, 0.3) is 0 Å². The van der Waals surface area contributed by atoms with Crippen LogP contribution in [0.25, 0.3) is 0 Å². The van der Waals surface area contributed by atoms with Crippen LogP contribution in [0.4, 0.5) is 0 Å². The first-order valence-corrected chi connectivity index (χ1v) is 8.13. The Hall–Kier alpha value is -2.14. The average molecular weight is 349 g/mol. The van der Waals surface area contributed by atoms with Crippen molar-refractivity contribution in [1.29, 1.82) is 0 Å². The molecule has 0 aliphatic carbocycles. The highest BCUT2D eigenvalue weighted by Gasteiger charge is 2.17. The van der Waals surface area contributed by atoms with Gasteiger partial charge in [-0.25, -0.2) is 9.78 Å². The number of rotatable bonds is 5. The van der Waals surface area contributed by atoms with E-state index in [9.17, 15) is 4.79 Å². The summed E-state index contributed by atoms with van der Waals surface area (Å²) in [6.07, 6.45) is 0.495. The van der Waals surface area contributed by atoms with Crippen LogP contribution in [-0.4, -0.2) is 28.1 Å². The molecule has 0 spiro atoms. The van der Waals surface area contributed by atoms with Gasteiger partial charge in [0, 0.05) is 12.5 Å². The molecule has 0 aliphatic rings. The number of carbonyl (C=O) groups excluding carboxylic acids is 1. The van der Waals surface area contributed by atoms with Crippen LogP contribution in [0.3, 0.4) is 0 Å². The van der Waals surface area contributed by atoms with E-state index >= 15 is 0 Å². The summed E-state index contributed by atoms with van der Waals surface area (Å²) in [4.78, 5) is 20.5. The first-order chi connectivity index (χ1) is 11.3. The molecule has 0 N–H and O–H groups in total. The van der Waals surface area contributed by atoms with Crippen molar-refractivity contribution >= 4 is 17.6 Å². The highest BCUT2D eigenvalue weighted by molar-refractivity contribution is 6.29. The Morgan fingerprint density at radius 2 is 1.83 bits per heavy atom. The normalized spacial score (nSPS) is 11.2. The molecule has 0 unspecified atom stereocenters. The third kappa shape index (κ3) is 5.49. The van der Waals surface area contributed by atoms with Crippen molar-refractivity contribution in [3.63, 3.8) is 0 Å². The van der Waals surface area contributed by atoms with Crippen molar-refractivity contribution < 1.29 is 14.3 Å². The Kier molecular flexibility index (Phi) is 5.78. The van der Waals surface area contributed by atoms with Gasteiger partial charge >= 0.3 is 5.97 Å². The van der Waals surface area contributed by atoms with Crippen molar-refractivity contribution in [3.05, 3.63) is 52.4 Å². The van der Waals surface area contributed by atoms with Crippen LogP contribution in [0.15, 0.2) is 30.3 Å². The second kappa shape index (κ2) is 7.62. The minimum absolute atomic E-state index is 0.341. The summed E-state index contributed by atoms with van der Waals surface area (Å²) >= 11 is 5.99. The lowest BCUT2D eigenvalue weighted by Gasteiger charge is -2.19. The first-order valence-electron chi connectivity index (χ1n) is 7.75. The molecule has 0 radical (unpaired) electrons. The average Bonchev–Trinajstić information content (AvgIpc) is 2.46. The van der Waals surface area contributed by atoms with E-state index in [0.29, 0.717) is 35.4 Å². The Morgan fingerprint density at radius 1 is 1.17 bits per heavy atom. The van der Waals surface area contributed by atoms with E-state index in [4.69, 9.17) is 21.1 Å². The lowest BCUT2D eigenvalue weighted by molar-refractivity contribution is 0.00695. The molecule has 1 heterocycles. The zero-order chi connectivity index (χ0) is 17.7. The summed E-state index contributed by atoms with van der Waals surface area (Å²) < 4.78 is 10.7. The molecule has 2 rings (SSSR count). The Labute approximate surface area is 147 Å². The lowest BCUT2D eigenvalue weighted by atomic mass is 10.1. The second-order valence-electron chi connectivity index (χ2n) is 6.25. The van der Waals surface area contributed by atoms with Gasteiger partial charge in [-0.05, 0) is 45.4 Å². The standard InChI is InChI=1S/C18H21ClN2O3/c1-5-23-16-11-14(19)20-15(21-16)10-12-6-8-13(9-7-12)17(22)24-18(2,3)4/h6-9,11H,5,10H2,1-4H3. The second-order valence-corrected chi connectivity index (χ2v) is 6.64. The van der Waals surface area contributed by atoms with Crippen LogP contribution in [0.1, 0.15) is 49.4 Å². The number of esters is 1. The lowest BCUT2D eigenvalue weighted by Crippen LogP contribution is -2.23. The van der Waals surface area contributed by atoms with Crippen molar-refractivity contribution in [1.82, 2.24) is 9.97 Å². The molecule has 5 nitrogen and oxygen atoms in total. The van der Waals surface area contributed by atoms with E-state index in [2.05, 4.69) is 9.97 Å². The number of nitrogens with zero attached hydrogens (tertiary/aromatic N) is 2. The third-order valence-corrected chi connectivity index (χ3v) is 3.15. The molecule has 0 fully saturated rings. The quantitative estimate of drug-likeness (QED) is 0.602. The summed E-state index contributed by atoms with van der Waals surface area (Å²) in [7, 11) is 0. The van der Waals surface area contributed by atoms with Crippen molar-refractivity contribution in [2.75, 3.05) is 6.61 Å². The van der Waals surface area contributed by atoms with E-state index in [1.54, 1.807) is 18.2 Å². The van der Waals surface area contributed by atoms with Crippen LogP contribution in [0.5, 0.6) is 5.88 Å². The summed E-state index contributed by atoms with van der Waals surface area (Å²) in [5, 5.41) is 0.342. The fraction of sp³-hybridized carbons (Fsp3) is 0.389. The summed E-state index contributed by atoms with van der Waals surface area (Å²) in [5.41, 5.74) is 0.961. The summed E-state index contributed by atoms with van der Waals surface area (Å²) in [5.74, 6) is 0.681. The van der Waals surface area contributed by atoms with E-state index in [0.717, 1.165) is 5.56 Å². The maximum atomic E-state index is 12.0. The third-order valence-electron chi connectivity index (χ3n) is 2.96. The largest absolute Gasteiger partial charge is 0.478 e. The summed E-state index contributed by atoms with van der Waals surface area (Å²) in [6, 6.07) is 8.75. The Bertz CT molecular complexity index is 709. The predicted octanol–water partition coefficient (Wildman–Crippen LogP) is 4.07. The van der Waals surface area contributed by atoms with Gasteiger partial charge in [0.05, 0.1) is 12.2 Å². The van der Waals surface area contributed by atoms with Gasteiger partial charge in [0.15, 0.2) is 0 Å². The zero-order valence-electron chi connectivity index (χ0n) is 14.3. The van der Waals surface area contributed by atoms with Gasteiger partial charge in [-0.2, -0.15) is 4.98 Å². The van der Waals surface area contributed by atoms with Crippen molar-refractivity contribution in [2.45, 2.75) is 39.7 Å². The monoisotopic (exact) mass is 348 g/mol. The molecule has 1 aromatic carbocycles. The van der Waals surface area contributed by atoms with Crippen LogP contribution in [-0.2, 0) is 11.2 Å². The van der Waals surface area contributed by atoms with Crippen LogP contribution < -0.4 is 4.74 Å². The molecule has 0 saturated carbocycles. The molecule has 0 amide bonds. The zero-order valence-corrected chi connectivity index (χ0v) is 15.1. The van der Waals surface area contributed by atoms with Gasteiger partial charge in [-0.3, -0.25) is 0 Å². The van der Waals surface area contributed by atoms with Gasteiger partial charge < -0.3 is 9.47 Å². The molecule has 24 heavy (non-hydrogen) atoms. The molecule has 0 saturated heterocycles. The molecule has 128 valence electrons. The maximum absolute atomic E-state index is 12.0. The van der Waals surface area contributed by atoms with E-state index < -0.39 is 5.60 Å². The smallest absolute Gasteiger partial charge is 0.338 e. The number of hydrogen-bond acceptors (Lipinski definition) is 5. The topological polar surface area (TPSA) is 61.3 Å². The fourth-order valence-electron chi connectivity index (χ4n) is 2.02. The predicted molar refractivity (Wildman–Crippen MR) is 92.6 cm³/mol. The minimum Gasteiger partial charge on any atom is -0.478 e. The van der Waals surface area contributed by atoms with Gasteiger partial charge in [0.1, 0.15) is 16.6 Å². The van der Waals surface area contributed by atoms with E-state index in [1.807, 2.05) is 39.8 Å². The SMILES string of the molecule is CCOc1cc(Cl)nc(Cc2ccc(C(=O)OC(C)(C)C)cc2)n1. The van der Waals surface area contributed by atoms with Crippen LogP contribution >= 0.6 is 11.6 Å². The van der Waals surface area contributed by atoms with Gasteiger partial charge in [-0.1, -0.05) is 23.7 Å². The number of carbonyl (C=O) groups is 1. The molecule has 0 bridgehead atoms. The minimum atomic E-state index is -0.514. The number of aromatic nitrogens is 2. The fourth-order valence-corrected chi connectivity index (χ4v) is 2.21. The Morgan fingerprint density at radius 3 is 2.42 bits per heavy atom. The van der Waals surface area contributed by atoms with Gasteiger partial charge in [0.2, 0.25) is 5.88 Å².